The van der Waals surface area contributed by atoms with Gasteiger partial charge < -0.3 is 9.84 Å². The average Bonchev–Trinajstić information content (AvgIpc) is 2.21. The second kappa shape index (κ2) is 4.51. The van der Waals surface area contributed by atoms with Crippen LogP contribution in [-0.4, -0.2) is 27.2 Å². The molecule has 82 valence electrons. The molecule has 0 saturated heterocycles. The van der Waals surface area contributed by atoms with E-state index in [4.69, 9.17) is 5.11 Å². The van der Waals surface area contributed by atoms with E-state index >= 15 is 0 Å². The Bertz CT molecular complexity index is 477. The van der Waals surface area contributed by atoms with Crippen LogP contribution >= 0.6 is 0 Å². The lowest BCUT2D eigenvalue weighted by atomic mass is 10.6. The molecule has 0 aliphatic rings. The lowest BCUT2D eigenvalue weighted by Gasteiger charge is -2.04. The highest BCUT2D eigenvalue weighted by Gasteiger charge is 2.05. The number of rotatable bonds is 3. The third kappa shape index (κ3) is 2.74. The number of nitrogens with zero attached hydrogens (tertiary/aromatic N) is 1. The van der Waals surface area contributed by atoms with Gasteiger partial charge in [0.15, 0.2) is 6.73 Å². The van der Waals surface area contributed by atoms with Gasteiger partial charge in [-0.1, -0.05) is 0 Å². The summed E-state index contributed by atoms with van der Waals surface area (Å²) in [6.07, 6.45) is 0.603. The summed E-state index contributed by atoms with van der Waals surface area (Å²) in [5.41, 5.74) is -2.06. The Labute approximate surface area is 81.7 Å². The number of aliphatic hydroxyl groups is 1. The van der Waals surface area contributed by atoms with Crippen LogP contribution in [-0.2, 0) is 16.3 Å². The quantitative estimate of drug-likeness (QED) is 0.581. The Morgan fingerprint density at radius 1 is 1.60 bits per heavy atom. The minimum Gasteiger partial charge on any atom is -0.442 e. The molecule has 2 N–H and O–H groups in total. The fourth-order valence-electron chi connectivity index (χ4n) is 0.766. The van der Waals surface area contributed by atoms with Gasteiger partial charge in [-0.05, 0) is 0 Å². The monoisotopic (exact) mass is 218 g/mol. The number of nitrogens with one attached hydrogen (secondary N) is 1. The van der Waals surface area contributed by atoms with Crippen molar-refractivity contribution < 1.29 is 19.0 Å². The molecule has 8 heteroatoms. The normalized spacial score (nSPS) is 10.0. The predicted octanol–water partition coefficient (Wildman–Crippen LogP) is -1.83. The van der Waals surface area contributed by atoms with Gasteiger partial charge in [0, 0.05) is 0 Å². The Morgan fingerprint density at radius 3 is 2.87 bits per heavy atom. The molecule has 0 unspecified atom stereocenters. The highest BCUT2D eigenvalue weighted by Crippen LogP contribution is 1.86. The van der Waals surface area contributed by atoms with E-state index in [2.05, 4.69) is 4.74 Å². The van der Waals surface area contributed by atoms with Gasteiger partial charge in [-0.25, -0.2) is 9.59 Å². The summed E-state index contributed by atoms with van der Waals surface area (Å²) in [5, 5.41) is 8.29. The van der Waals surface area contributed by atoms with Gasteiger partial charge in [0.05, 0.1) is 6.20 Å². The second-order valence-electron chi connectivity index (χ2n) is 2.51. The van der Waals surface area contributed by atoms with Crippen LogP contribution in [0.2, 0.25) is 0 Å². The summed E-state index contributed by atoms with van der Waals surface area (Å²) in [7, 11) is 0. The number of ether oxygens (including phenoxy) is 1. The summed E-state index contributed by atoms with van der Waals surface area (Å²) in [4.78, 5) is 33.7. The Balaban J connectivity index is 2.87. The number of aromatic amines is 1. The topological polar surface area (TPSA) is 101 Å². The Kier molecular flexibility index (Phi) is 3.34. The third-order valence-corrected chi connectivity index (χ3v) is 1.46. The van der Waals surface area contributed by atoms with Crippen LogP contribution in [0.5, 0.6) is 0 Å². The SMILES string of the molecule is O=C(CO)OCn1cc(F)c(=O)[nH]c1=O. The minimum absolute atomic E-state index is 0.577. The Hall–Kier alpha value is -1.96. The van der Waals surface area contributed by atoms with Crippen molar-refractivity contribution in [3.8, 4) is 0 Å². The summed E-state index contributed by atoms with van der Waals surface area (Å²) in [6, 6.07) is 0. The first kappa shape index (κ1) is 11.1. The highest BCUT2D eigenvalue weighted by atomic mass is 19.1. The first-order chi connectivity index (χ1) is 7.04. The number of H-pyrrole nitrogens is 1. The van der Waals surface area contributed by atoms with Crippen molar-refractivity contribution in [1.82, 2.24) is 9.55 Å². The number of hydrogen-bond donors (Lipinski definition) is 2. The number of aliphatic hydroxyl groups excluding tert-OH is 1. The van der Waals surface area contributed by atoms with Crippen molar-refractivity contribution in [2.75, 3.05) is 6.61 Å². The Morgan fingerprint density at radius 2 is 2.27 bits per heavy atom. The number of carbonyl (C=O) groups is 1. The van der Waals surface area contributed by atoms with E-state index in [1.165, 1.54) is 0 Å². The zero-order valence-electron chi connectivity index (χ0n) is 7.40. The third-order valence-electron chi connectivity index (χ3n) is 1.46. The summed E-state index contributed by atoms with van der Waals surface area (Å²) in [6.45, 7) is -1.42. The highest BCUT2D eigenvalue weighted by molar-refractivity contribution is 5.70. The van der Waals surface area contributed by atoms with E-state index in [0.29, 0.717) is 10.8 Å². The first-order valence-corrected chi connectivity index (χ1v) is 3.80. The van der Waals surface area contributed by atoms with Crippen LogP contribution in [0.15, 0.2) is 15.8 Å². The fourth-order valence-corrected chi connectivity index (χ4v) is 0.766. The van der Waals surface area contributed by atoms with Gasteiger partial charge in [-0.3, -0.25) is 14.3 Å². The van der Waals surface area contributed by atoms with Gasteiger partial charge in [-0.15, -0.1) is 0 Å². The van der Waals surface area contributed by atoms with Crippen molar-refractivity contribution in [2.45, 2.75) is 6.73 Å². The summed E-state index contributed by atoms with van der Waals surface area (Å²) in [5.74, 6) is -2.14. The molecule has 0 bridgehead atoms. The van der Waals surface area contributed by atoms with Gasteiger partial charge in [0.2, 0.25) is 5.82 Å². The smallest absolute Gasteiger partial charge is 0.333 e. The molecule has 0 fully saturated rings. The van der Waals surface area contributed by atoms with E-state index in [-0.39, 0.29) is 0 Å². The molecule has 0 aliphatic heterocycles. The number of aromatic nitrogens is 2. The van der Waals surface area contributed by atoms with Crippen molar-refractivity contribution in [1.29, 1.82) is 0 Å². The van der Waals surface area contributed by atoms with E-state index in [1.807, 2.05) is 0 Å². The summed E-state index contributed by atoms with van der Waals surface area (Å²) < 4.78 is 17.7. The molecule has 1 aromatic heterocycles. The molecule has 15 heavy (non-hydrogen) atoms. The van der Waals surface area contributed by atoms with Gasteiger partial charge in [0.1, 0.15) is 6.61 Å². The molecule has 1 heterocycles. The average molecular weight is 218 g/mol. The molecular weight excluding hydrogens is 211 g/mol. The molecule has 0 aliphatic carbocycles. The number of esters is 1. The molecule has 0 radical (unpaired) electrons. The second-order valence-corrected chi connectivity index (χ2v) is 2.51. The molecule has 0 aromatic carbocycles. The van der Waals surface area contributed by atoms with Crippen LogP contribution in [0.25, 0.3) is 0 Å². The van der Waals surface area contributed by atoms with E-state index in [0.717, 1.165) is 0 Å². The van der Waals surface area contributed by atoms with Crippen molar-refractivity contribution in [2.24, 2.45) is 0 Å². The van der Waals surface area contributed by atoms with Gasteiger partial charge >= 0.3 is 11.7 Å². The minimum atomic E-state index is -1.17. The maximum absolute atomic E-state index is 12.7. The molecule has 0 spiro atoms. The molecule has 7 nitrogen and oxygen atoms in total. The van der Waals surface area contributed by atoms with Crippen molar-refractivity contribution in [3.05, 3.63) is 32.9 Å². The number of carbonyl (C=O) groups excluding carboxylic acids is 1. The lowest BCUT2D eigenvalue weighted by Crippen LogP contribution is -2.32. The molecule has 0 saturated carbocycles. The first-order valence-electron chi connectivity index (χ1n) is 3.80. The van der Waals surface area contributed by atoms with Gasteiger partial charge in [0.25, 0.3) is 5.56 Å². The number of hydrogen-bond acceptors (Lipinski definition) is 5. The van der Waals surface area contributed by atoms with Crippen LogP contribution < -0.4 is 11.2 Å². The van der Waals surface area contributed by atoms with Crippen LogP contribution in [0.3, 0.4) is 0 Å². The van der Waals surface area contributed by atoms with E-state index in [1.54, 1.807) is 4.98 Å². The van der Waals surface area contributed by atoms with E-state index in [9.17, 15) is 18.8 Å². The predicted molar refractivity (Wildman–Crippen MR) is 44.5 cm³/mol. The fraction of sp³-hybridized carbons (Fsp3) is 0.286. The lowest BCUT2D eigenvalue weighted by molar-refractivity contribution is -0.150. The number of halogens is 1. The standard InChI is InChI=1S/C7H7FN2O5/c8-4-1-10(3-15-5(12)2-11)7(14)9-6(4)13/h1,11H,2-3H2,(H,9,13,14). The molecule has 0 atom stereocenters. The van der Waals surface area contributed by atoms with E-state index < -0.39 is 36.4 Å². The van der Waals surface area contributed by atoms with Crippen molar-refractivity contribution >= 4 is 5.97 Å². The molecule has 1 rings (SSSR count). The van der Waals surface area contributed by atoms with Crippen molar-refractivity contribution in [3.63, 3.8) is 0 Å². The van der Waals surface area contributed by atoms with Gasteiger partial charge in [-0.2, -0.15) is 4.39 Å². The molecular formula is C7H7FN2O5. The zero-order valence-corrected chi connectivity index (χ0v) is 7.40. The maximum atomic E-state index is 12.7. The van der Waals surface area contributed by atoms with Crippen LogP contribution in [0, 0.1) is 5.82 Å². The maximum Gasteiger partial charge on any atom is 0.333 e. The zero-order chi connectivity index (χ0) is 11.4. The molecule has 1 aromatic rings. The van der Waals surface area contributed by atoms with Crippen LogP contribution in [0.1, 0.15) is 0 Å². The molecule has 0 amide bonds. The summed E-state index contributed by atoms with van der Waals surface area (Å²) >= 11 is 0. The van der Waals surface area contributed by atoms with Crippen LogP contribution in [0.4, 0.5) is 4.39 Å². The largest absolute Gasteiger partial charge is 0.442 e.